The molecule has 2 aliphatic rings. The van der Waals surface area contributed by atoms with Gasteiger partial charge in [0.15, 0.2) is 5.82 Å². The lowest BCUT2D eigenvalue weighted by molar-refractivity contribution is -0.120. The van der Waals surface area contributed by atoms with Gasteiger partial charge in [0, 0.05) is 37.3 Å². The van der Waals surface area contributed by atoms with Crippen LogP contribution < -0.4 is 10.4 Å². The monoisotopic (exact) mass is 519 g/mol. The van der Waals surface area contributed by atoms with Gasteiger partial charge >= 0.3 is 5.69 Å². The number of fused-ring (bicyclic) bond motifs is 2. The number of carbonyl (C=O) groups is 1. The highest BCUT2D eigenvalue weighted by Crippen LogP contribution is 2.28. The molecular formula is C29H37N5O4. The number of ketones is 1. The highest BCUT2D eigenvalue weighted by atomic mass is 16.5. The molecule has 0 radical (unpaired) electrons. The number of Topliss-reactive ketones (excluding diaryl/α,β-unsaturated/α-hetero) is 1. The third-order valence-corrected chi connectivity index (χ3v) is 7.32. The molecule has 2 aromatic heterocycles. The quantitative estimate of drug-likeness (QED) is 0.428. The van der Waals surface area contributed by atoms with E-state index >= 15 is 0 Å². The van der Waals surface area contributed by atoms with Crippen molar-refractivity contribution in [2.24, 2.45) is 5.41 Å². The lowest BCUT2D eigenvalue weighted by Gasteiger charge is -2.34. The Morgan fingerprint density at radius 2 is 1.89 bits per heavy atom. The van der Waals surface area contributed by atoms with Crippen LogP contribution in [0.3, 0.4) is 0 Å². The maximum Gasteiger partial charge on any atom is 0.356 e. The van der Waals surface area contributed by atoms with Gasteiger partial charge in [-0.3, -0.25) is 9.69 Å². The first-order valence-electron chi connectivity index (χ1n) is 13.4. The van der Waals surface area contributed by atoms with Gasteiger partial charge in [-0.25, -0.2) is 14.3 Å². The van der Waals surface area contributed by atoms with Gasteiger partial charge < -0.3 is 9.47 Å². The minimum absolute atomic E-state index is 0.0270. The summed E-state index contributed by atoms with van der Waals surface area (Å²) in [6.45, 7) is 8.69. The van der Waals surface area contributed by atoms with E-state index in [1.165, 1.54) is 22.1 Å². The average Bonchev–Trinajstić information content (AvgIpc) is 3.31. The second kappa shape index (κ2) is 10.8. The summed E-state index contributed by atoms with van der Waals surface area (Å²) in [6.07, 6.45) is 5.57. The smallest absolute Gasteiger partial charge is 0.356 e. The molecule has 2 bridgehead atoms. The Morgan fingerprint density at radius 3 is 2.55 bits per heavy atom. The van der Waals surface area contributed by atoms with Crippen LogP contribution in [0.1, 0.15) is 51.4 Å². The maximum absolute atomic E-state index is 13.6. The van der Waals surface area contributed by atoms with Crippen LogP contribution in [-0.4, -0.2) is 69.0 Å². The lowest BCUT2D eigenvalue weighted by Crippen LogP contribution is -2.46. The zero-order valence-corrected chi connectivity index (χ0v) is 22.7. The van der Waals surface area contributed by atoms with Gasteiger partial charge in [0.05, 0.1) is 32.4 Å². The molecule has 2 atom stereocenters. The predicted molar refractivity (Wildman–Crippen MR) is 144 cm³/mol. The molecule has 9 heteroatoms. The summed E-state index contributed by atoms with van der Waals surface area (Å²) >= 11 is 0. The number of pyridine rings is 1. The van der Waals surface area contributed by atoms with Crippen molar-refractivity contribution >= 4 is 5.78 Å². The number of nitrogens with zero attached hydrogens (tertiary/aromatic N) is 5. The van der Waals surface area contributed by atoms with E-state index in [2.05, 4.69) is 15.0 Å². The molecule has 0 saturated carbocycles. The van der Waals surface area contributed by atoms with Gasteiger partial charge in [0.2, 0.25) is 0 Å². The summed E-state index contributed by atoms with van der Waals surface area (Å²) in [5, 5.41) is 4.58. The van der Waals surface area contributed by atoms with E-state index in [0.717, 1.165) is 31.7 Å². The second-order valence-corrected chi connectivity index (χ2v) is 11.5. The lowest BCUT2D eigenvalue weighted by atomic mass is 9.89. The van der Waals surface area contributed by atoms with E-state index in [9.17, 15) is 9.59 Å². The fourth-order valence-corrected chi connectivity index (χ4v) is 5.54. The maximum atomic E-state index is 13.6. The Kier molecular flexibility index (Phi) is 7.49. The van der Waals surface area contributed by atoms with Gasteiger partial charge in [0.25, 0.3) is 0 Å². The van der Waals surface area contributed by atoms with Crippen molar-refractivity contribution in [1.29, 1.82) is 0 Å². The van der Waals surface area contributed by atoms with E-state index in [1.807, 2.05) is 57.3 Å². The first-order valence-corrected chi connectivity index (χ1v) is 13.4. The minimum Gasteiger partial charge on any atom is -0.497 e. The number of rotatable bonds is 9. The van der Waals surface area contributed by atoms with Gasteiger partial charge in [-0.15, -0.1) is 5.10 Å². The molecule has 0 N–H and O–H groups in total. The molecule has 5 rings (SSSR count). The minimum atomic E-state index is -0.373. The summed E-state index contributed by atoms with van der Waals surface area (Å²) in [4.78, 5) is 33.6. The fourth-order valence-electron chi connectivity index (χ4n) is 5.54. The normalized spacial score (nSPS) is 19.6. The SMILES string of the molecule is COc1cccc(-n2c(CC(=O)CC(C)(C)C)nn(-c3ccc(CCN4C5CCC4COC5)cn3)c2=O)c1. The molecule has 0 spiro atoms. The van der Waals surface area contributed by atoms with E-state index < -0.39 is 0 Å². The summed E-state index contributed by atoms with van der Waals surface area (Å²) in [5.74, 6) is 1.45. The number of carbonyl (C=O) groups excluding carboxylic acids is 1. The Labute approximate surface area is 223 Å². The van der Waals surface area contributed by atoms with Crippen LogP contribution in [0.15, 0.2) is 47.4 Å². The largest absolute Gasteiger partial charge is 0.497 e. The third kappa shape index (κ3) is 5.73. The molecular weight excluding hydrogens is 482 g/mol. The van der Waals surface area contributed by atoms with Crippen LogP contribution in [0.5, 0.6) is 5.75 Å². The number of benzene rings is 1. The second-order valence-electron chi connectivity index (χ2n) is 11.5. The highest BCUT2D eigenvalue weighted by Gasteiger charge is 2.36. The van der Waals surface area contributed by atoms with Crippen LogP contribution in [0.25, 0.3) is 11.5 Å². The molecule has 4 heterocycles. The molecule has 202 valence electrons. The van der Waals surface area contributed by atoms with Crippen molar-refractivity contribution < 1.29 is 14.3 Å². The molecule has 2 unspecified atom stereocenters. The summed E-state index contributed by atoms with van der Waals surface area (Å²) < 4.78 is 13.8. The zero-order valence-electron chi connectivity index (χ0n) is 22.7. The molecule has 2 saturated heterocycles. The summed E-state index contributed by atoms with van der Waals surface area (Å²) in [7, 11) is 1.58. The third-order valence-electron chi connectivity index (χ3n) is 7.32. The van der Waals surface area contributed by atoms with Crippen molar-refractivity contribution in [2.45, 2.75) is 65.0 Å². The van der Waals surface area contributed by atoms with Crippen molar-refractivity contribution in [3.8, 4) is 17.3 Å². The van der Waals surface area contributed by atoms with Crippen LogP contribution in [0, 0.1) is 5.41 Å². The number of hydrogen-bond acceptors (Lipinski definition) is 7. The zero-order chi connectivity index (χ0) is 26.9. The number of ether oxygens (including phenoxy) is 2. The van der Waals surface area contributed by atoms with Crippen molar-refractivity contribution in [1.82, 2.24) is 24.2 Å². The Bertz CT molecular complexity index is 1320. The molecule has 9 nitrogen and oxygen atoms in total. The molecule has 0 amide bonds. The summed E-state index contributed by atoms with van der Waals surface area (Å²) in [5.41, 5.74) is 1.18. The van der Waals surface area contributed by atoms with Crippen molar-refractivity contribution in [3.63, 3.8) is 0 Å². The average molecular weight is 520 g/mol. The van der Waals surface area contributed by atoms with Crippen molar-refractivity contribution in [3.05, 3.63) is 64.5 Å². The number of aromatic nitrogens is 4. The van der Waals surface area contributed by atoms with E-state index in [-0.39, 0.29) is 23.3 Å². The van der Waals surface area contributed by atoms with Gasteiger partial charge in [0.1, 0.15) is 17.4 Å². The molecule has 2 fully saturated rings. The Balaban J connectivity index is 1.40. The van der Waals surface area contributed by atoms with Crippen LogP contribution in [-0.2, 0) is 22.4 Å². The topological polar surface area (TPSA) is 91.5 Å². The first kappa shape index (κ1) is 26.3. The van der Waals surface area contributed by atoms with Crippen LogP contribution in [0.4, 0.5) is 0 Å². The fraction of sp³-hybridized carbons (Fsp3) is 0.517. The Morgan fingerprint density at radius 1 is 1.13 bits per heavy atom. The Hall–Kier alpha value is -3.30. The van der Waals surface area contributed by atoms with E-state index in [0.29, 0.717) is 41.6 Å². The number of hydrogen-bond donors (Lipinski definition) is 0. The van der Waals surface area contributed by atoms with E-state index in [1.54, 1.807) is 13.2 Å². The van der Waals surface area contributed by atoms with Gasteiger partial charge in [-0.2, -0.15) is 4.68 Å². The van der Waals surface area contributed by atoms with Crippen LogP contribution in [0.2, 0.25) is 0 Å². The van der Waals surface area contributed by atoms with Gasteiger partial charge in [-0.1, -0.05) is 32.9 Å². The van der Waals surface area contributed by atoms with E-state index in [4.69, 9.17) is 9.47 Å². The standard InChI is InChI=1S/C29H37N5O4/c1-29(2,3)16-24(35)15-27-31-34(28(36)33(27)21-6-5-7-25(14-21)37-4)26-11-8-20(17-30-26)12-13-32-22-9-10-23(32)19-38-18-22/h5-8,11,14,17,22-23H,9-10,12-13,15-16,18-19H2,1-4H3. The molecule has 1 aromatic carbocycles. The highest BCUT2D eigenvalue weighted by molar-refractivity contribution is 5.80. The van der Waals surface area contributed by atoms with Crippen molar-refractivity contribution in [2.75, 3.05) is 26.9 Å². The molecule has 0 aliphatic carbocycles. The van der Waals surface area contributed by atoms with Gasteiger partial charge in [-0.05, 0) is 48.4 Å². The summed E-state index contributed by atoms with van der Waals surface area (Å²) in [6, 6.07) is 12.1. The molecule has 38 heavy (non-hydrogen) atoms. The number of methoxy groups -OCH3 is 1. The first-order chi connectivity index (χ1) is 18.2. The predicted octanol–water partition coefficient (Wildman–Crippen LogP) is 3.38. The molecule has 2 aliphatic heterocycles. The number of morpholine rings is 1. The van der Waals surface area contributed by atoms with Crippen LogP contribution >= 0.6 is 0 Å². The molecule has 3 aromatic rings.